The van der Waals surface area contributed by atoms with Gasteiger partial charge >= 0.3 is 6.09 Å². The van der Waals surface area contributed by atoms with Crippen LogP contribution in [0.5, 0.6) is 0 Å². The maximum Gasteiger partial charge on any atom is 0.410 e. The molecule has 0 aromatic rings. The minimum absolute atomic E-state index is 0.0453. The number of carbonyl (C=O) groups is 2. The average molecular weight is 257 g/mol. The Kier molecular flexibility index (Phi) is 4.73. The van der Waals surface area contributed by atoms with E-state index >= 15 is 0 Å². The van der Waals surface area contributed by atoms with Gasteiger partial charge in [-0.15, -0.1) is 0 Å². The number of ether oxygens (including phenoxy) is 2. The summed E-state index contributed by atoms with van der Waals surface area (Å²) in [6.07, 6.45) is -0.197. The molecule has 0 bridgehead atoms. The van der Waals surface area contributed by atoms with E-state index in [1.807, 2.05) is 34.6 Å². The summed E-state index contributed by atoms with van der Waals surface area (Å²) in [5.74, 6) is 0.255. The zero-order valence-corrected chi connectivity index (χ0v) is 11.8. The van der Waals surface area contributed by atoms with Gasteiger partial charge in [0.2, 0.25) is 0 Å². The first kappa shape index (κ1) is 15.0. The number of hydrogen-bond donors (Lipinski definition) is 0. The van der Waals surface area contributed by atoms with Crippen molar-refractivity contribution in [2.45, 2.75) is 52.4 Å². The first-order valence-electron chi connectivity index (χ1n) is 6.31. The molecule has 0 unspecified atom stereocenters. The molecule has 1 heterocycles. The zero-order valence-electron chi connectivity index (χ0n) is 11.8. The first-order chi connectivity index (χ1) is 8.24. The van der Waals surface area contributed by atoms with Gasteiger partial charge in [0.05, 0.1) is 19.2 Å². The molecule has 1 aliphatic rings. The fraction of sp³-hybridized carbons (Fsp3) is 0.846. The monoisotopic (exact) mass is 257 g/mol. The number of amides is 1. The van der Waals surface area contributed by atoms with Crippen LogP contribution < -0.4 is 0 Å². The number of hydrogen-bond acceptors (Lipinski definition) is 4. The topological polar surface area (TPSA) is 55.8 Å². The van der Waals surface area contributed by atoms with E-state index in [1.54, 1.807) is 4.90 Å². The predicted octanol–water partition coefficient (Wildman–Crippen LogP) is 1.85. The van der Waals surface area contributed by atoms with Crippen LogP contribution in [0.4, 0.5) is 4.79 Å². The molecule has 0 aliphatic carbocycles. The molecule has 5 nitrogen and oxygen atoms in total. The number of carbonyl (C=O) groups excluding carboxylic acids is 2. The van der Waals surface area contributed by atoms with Crippen molar-refractivity contribution in [3.63, 3.8) is 0 Å². The molecule has 1 amide bonds. The van der Waals surface area contributed by atoms with E-state index in [2.05, 4.69) is 0 Å². The van der Waals surface area contributed by atoms with Gasteiger partial charge in [-0.2, -0.15) is 0 Å². The molecule has 0 saturated carbocycles. The van der Waals surface area contributed by atoms with E-state index in [0.29, 0.717) is 6.61 Å². The second-order valence-corrected chi connectivity index (χ2v) is 5.95. The lowest BCUT2D eigenvalue weighted by Gasteiger charge is -2.40. The average Bonchev–Trinajstić information content (AvgIpc) is 2.25. The summed E-state index contributed by atoms with van der Waals surface area (Å²) in [5.41, 5.74) is -0.534. The Morgan fingerprint density at radius 2 is 2.06 bits per heavy atom. The van der Waals surface area contributed by atoms with Crippen molar-refractivity contribution >= 4 is 12.4 Å². The van der Waals surface area contributed by atoms with Gasteiger partial charge in [-0.05, 0) is 26.7 Å². The van der Waals surface area contributed by atoms with E-state index in [0.717, 1.165) is 6.29 Å². The summed E-state index contributed by atoms with van der Waals surface area (Å²) in [6, 6.07) is -0.0453. The Morgan fingerprint density at radius 1 is 1.44 bits per heavy atom. The Morgan fingerprint density at radius 3 is 2.50 bits per heavy atom. The van der Waals surface area contributed by atoms with Crippen LogP contribution in [0.15, 0.2) is 0 Å². The molecule has 2 atom stereocenters. The highest BCUT2D eigenvalue weighted by Crippen LogP contribution is 2.21. The molecule has 1 fully saturated rings. The van der Waals surface area contributed by atoms with E-state index in [-0.39, 0.29) is 24.6 Å². The van der Waals surface area contributed by atoms with Gasteiger partial charge in [0.15, 0.2) is 6.29 Å². The van der Waals surface area contributed by atoms with Crippen LogP contribution in [0.25, 0.3) is 0 Å². The zero-order chi connectivity index (χ0) is 13.9. The third kappa shape index (κ3) is 3.98. The Hall–Kier alpha value is -1.10. The Labute approximate surface area is 108 Å². The molecule has 0 radical (unpaired) electrons. The molecule has 0 N–H and O–H groups in total. The largest absolute Gasteiger partial charge is 0.444 e. The van der Waals surface area contributed by atoms with Crippen LogP contribution in [0.2, 0.25) is 0 Å². The second kappa shape index (κ2) is 5.69. The third-order valence-electron chi connectivity index (χ3n) is 2.81. The van der Waals surface area contributed by atoms with Crippen molar-refractivity contribution in [2.75, 3.05) is 13.2 Å². The molecule has 1 aliphatic heterocycles. The molecule has 0 aromatic heterocycles. The molecule has 0 spiro atoms. The van der Waals surface area contributed by atoms with Crippen LogP contribution in [0, 0.1) is 5.92 Å². The normalized spacial score (nSPS) is 25.1. The number of rotatable bonds is 2. The number of morpholine rings is 1. The van der Waals surface area contributed by atoms with E-state index < -0.39 is 11.7 Å². The highest BCUT2D eigenvalue weighted by atomic mass is 16.6. The number of aldehydes is 1. The molecule has 1 rings (SSSR count). The van der Waals surface area contributed by atoms with Crippen LogP contribution in [0.1, 0.15) is 34.6 Å². The lowest BCUT2D eigenvalue weighted by Crippen LogP contribution is -2.55. The molecule has 1 saturated heterocycles. The predicted molar refractivity (Wildman–Crippen MR) is 67.4 cm³/mol. The summed E-state index contributed by atoms with van der Waals surface area (Å²) in [5, 5.41) is 0. The highest BCUT2D eigenvalue weighted by molar-refractivity contribution is 5.70. The maximum atomic E-state index is 12.1. The van der Waals surface area contributed by atoms with Crippen LogP contribution >= 0.6 is 0 Å². The van der Waals surface area contributed by atoms with Gasteiger partial charge in [-0.1, -0.05) is 13.8 Å². The lowest BCUT2D eigenvalue weighted by atomic mass is 10.0. The summed E-state index contributed by atoms with van der Waals surface area (Å²) in [6.45, 7) is 10.2. The van der Waals surface area contributed by atoms with Gasteiger partial charge in [-0.3, -0.25) is 4.90 Å². The standard InChI is InChI=1S/C13H23NO4/c1-9(2)11-8-17-10(7-15)6-14(11)12(16)18-13(3,4)5/h7,9-11H,6,8H2,1-5H3/t10-,11-/m1/s1. The molecule has 0 aromatic carbocycles. The SMILES string of the molecule is CC(C)[C@H]1CO[C@@H](C=O)CN1C(=O)OC(C)(C)C. The van der Waals surface area contributed by atoms with Gasteiger partial charge in [0, 0.05) is 0 Å². The van der Waals surface area contributed by atoms with Crippen molar-refractivity contribution in [1.29, 1.82) is 0 Å². The van der Waals surface area contributed by atoms with E-state index in [1.165, 1.54) is 0 Å². The number of nitrogens with zero attached hydrogens (tertiary/aromatic N) is 1. The summed E-state index contributed by atoms with van der Waals surface area (Å²) < 4.78 is 10.8. The minimum atomic E-state index is -0.549. The Bertz CT molecular complexity index is 309. The van der Waals surface area contributed by atoms with Gasteiger partial charge in [0.1, 0.15) is 11.7 Å². The summed E-state index contributed by atoms with van der Waals surface area (Å²) in [7, 11) is 0. The van der Waals surface area contributed by atoms with Crippen molar-refractivity contribution in [2.24, 2.45) is 5.92 Å². The Balaban J connectivity index is 2.77. The molecule has 18 heavy (non-hydrogen) atoms. The van der Waals surface area contributed by atoms with Crippen molar-refractivity contribution in [1.82, 2.24) is 4.90 Å². The van der Waals surface area contributed by atoms with Crippen LogP contribution in [-0.2, 0) is 14.3 Å². The fourth-order valence-corrected chi connectivity index (χ4v) is 1.86. The lowest BCUT2D eigenvalue weighted by molar-refractivity contribution is -0.128. The van der Waals surface area contributed by atoms with Crippen molar-refractivity contribution < 1.29 is 19.1 Å². The smallest absolute Gasteiger partial charge is 0.410 e. The van der Waals surface area contributed by atoms with Crippen LogP contribution in [-0.4, -0.2) is 48.2 Å². The van der Waals surface area contributed by atoms with Crippen molar-refractivity contribution in [3.8, 4) is 0 Å². The van der Waals surface area contributed by atoms with Gasteiger partial charge in [-0.25, -0.2) is 4.79 Å². The maximum absolute atomic E-state index is 12.1. The summed E-state index contributed by atoms with van der Waals surface area (Å²) in [4.78, 5) is 24.5. The third-order valence-corrected chi connectivity index (χ3v) is 2.81. The van der Waals surface area contributed by atoms with Crippen LogP contribution in [0.3, 0.4) is 0 Å². The quantitative estimate of drug-likeness (QED) is 0.708. The van der Waals surface area contributed by atoms with E-state index in [4.69, 9.17) is 9.47 Å². The molecular weight excluding hydrogens is 234 g/mol. The molecular formula is C13H23NO4. The first-order valence-corrected chi connectivity index (χ1v) is 6.31. The fourth-order valence-electron chi connectivity index (χ4n) is 1.86. The second-order valence-electron chi connectivity index (χ2n) is 5.95. The van der Waals surface area contributed by atoms with Crippen molar-refractivity contribution in [3.05, 3.63) is 0 Å². The van der Waals surface area contributed by atoms with E-state index in [9.17, 15) is 9.59 Å². The molecule has 104 valence electrons. The van der Waals surface area contributed by atoms with Gasteiger partial charge < -0.3 is 14.3 Å². The van der Waals surface area contributed by atoms with Gasteiger partial charge in [0.25, 0.3) is 0 Å². The minimum Gasteiger partial charge on any atom is -0.444 e. The highest BCUT2D eigenvalue weighted by Gasteiger charge is 2.36. The summed E-state index contributed by atoms with van der Waals surface area (Å²) >= 11 is 0. The molecule has 5 heteroatoms.